The molecule has 0 spiro atoms. The average Bonchev–Trinajstić information content (AvgIpc) is 3.15. The van der Waals surface area contributed by atoms with Crippen molar-refractivity contribution in [1.29, 1.82) is 0 Å². The van der Waals surface area contributed by atoms with E-state index in [-0.39, 0.29) is 11.4 Å². The van der Waals surface area contributed by atoms with Crippen LogP contribution in [0.15, 0.2) is 64.2 Å². The summed E-state index contributed by atoms with van der Waals surface area (Å²) in [6.07, 6.45) is -3.27. The van der Waals surface area contributed by atoms with Crippen molar-refractivity contribution in [2.75, 3.05) is 17.4 Å². The van der Waals surface area contributed by atoms with Crippen molar-refractivity contribution < 1.29 is 32.0 Å². The summed E-state index contributed by atoms with van der Waals surface area (Å²) in [7, 11) is 0. The van der Waals surface area contributed by atoms with Gasteiger partial charge in [-0.05, 0) is 37.6 Å². The Balaban J connectivity index is 1.67. The number of hydrazone groups is 1. The number of aromatic nitrogens is 1. The van der Waals surface area contributed by atoms with Gasteiger partial charge in [-0.3, -0.25) is 9.59 Å². The number of alkyl halides is 3. The SMILES string of the molecule is Cc1noc(C)c1CSCC(=O)OCC(=O)N(N=Cc1ccccc1)c1cccc(C(F)(F)F)c1. The maximum Gasteiger partial charge on any atom is 0.416 e. The molecular weight excluding hydrogens is 483 g/mol. The maximum absolute atomic E-state index is 13.2. The van der Waals surface area contributed by atoms with Crippen LogP contribution in [0.25, 0.3) is 0 Å². The number of aryl methyl sites for hydroxylation is 2. The lowest BCUT2D eigenvalue weighted by atomic mass is 10.2. The third kappa shape index (κ3) is 7.44. The minimum absolute atomic E-state index is 0.0335. The summed E-state index contributed by atoms with van der Waals surface area (Å²) < 4.78 is 49.7. The molecule has 0 saturated heterocycles. The Kier molecular flexibility index (Phi) is 8.69. The number of amides is 1. The molecular formula is C24H22F3N3O4S. The fourth-order valence-corrected chi connectivity index (χ4v) is 3.91. The number of rotatable bonds is 9. The third-order valence-corrected chi connectivity index (χ3v) is 5.71. The highest BCUT2D eigenvalue weighted by Gasteiger charge is 2.31. The minimum atomic E-state index is -4.60. The van der Waals surface area contributed by atoms with Gasteiger partial charge in [0.05, 0.1) is 28.9 Å². The quantitative estimate of drug-likeness (QED) is 0.227. The monoisotopic (exact) mass is 505 g/mol. The van der Waals surface area contributed by atoms with E-state index in [1.807, 2.05) is 0 Å². The van der Waals surface area contributed by atoms with Crippen LogP contribution in [0, 0.1) is 13.8 Å². The largest absolute Gasteiger partial charge is 0.455 e. The summed E-state index contributed by atoms with van der Waals surface area (Å²) in [5, 5.41) is 8.69. The molecule has 0 radical (unpaired) electrons. The van der Waals surface area contributed by atoms with E-state index in [1.54, 1.807) is 44.2 Å². The molecule has 7 nitrogen and oxygen atoms in total. The zero-order valence-corrected chi connectivity index (χ0v) is 19.7. The molecule has 3 rings (SSSR count). The van der Waals surface area contributed by atoms with Gasteiger partial charge in [-0.15, -0.1) is 11.8 Å². The van der Waals surface area contributed by atoms with E-state index in [0.717, 1.165) is 28.4 Å². The zero-order valence-electron chi connectivity index (χ0n) is 18.9. The van der Waals surface area contributed by atoms with Crippen LogP contribution in [0.5, 0.6) is 0 Å². The Morgan fingerprint density at radius 2 is 1.89 bits per heavy atom. The molecule has 0 unspecified atom stereocenters. The summed E-state index contributed by atoms with van der Waals surface area (Å²) >= 11 is 1.26. The number of hydrogen-bond donors (Lipinski definition) is 0. The van der Waals surface area contributed by atoms with Crippen molar-refractivity contribution in [2.45, 2.75) is 25.8 Å². The Hall–Kier alpha value is -3.60. The van der Waals surface area contributed by atoms with E-state index in [2.05, 4.69) is 10.3 Å². The number of hydrogen-bond acceptors (Lipinski definition) is 7. The molecule has 184 valence electrons. The first-order valence-electron chi connectivity index (χ1n) is 10.4. The fourth-order valence-electron chi connectivity index (χ4n) is 2.94. The Morgan fingerprint density at radius 1 is 1.14 bits per heavy atom. The smallest absolute Gasteiger partial charge is 0.416 e. The number of carbonyl (C=O) groups is 2. The minimum Gasteiger partial charge on any atom is -0.455 e. The molecule has 0 aliphatic rings. The molecule has 1 heterocycles. The number of carbonyl (C=O) groups excluding carboxylic acids is 2. The molecule has 0 aliphatic carbocycles. The van der Waals surface area contributed by atoms with Crippen LogP contribution in [0.2, 0.25) is 0 Å². The number of benzene rings is 2. The van der Waals surface area contributed by atoms with Crippen molar-refractivity contribution >= 4 is 35.5 Å². The second-order valence-corrected chi connectivity index (χ2v) is 8.35. The van der Waals surface area contributed by atoms with Crippen molar-refractivity contribution in [3.05, 3.63) is 82.7 Å². The zero-order chi connectivity index (χ0) is 25.4. The van der Waals surface area contributed by atoms with Gasteiger partial charge in [-0.1, -0.05) is 41.6 Å². The van der Waals surface area contributed by atoms with Crippen LogP contribution in [0.4, 0.5) is 18.9 Å². The number of esters is 1. The van der Waals surface area contributed by atoms with Crippen molar-refractivity contribution in [1.82, 2.24) is 5.16 Å². The van der Waals surface area contributed by atoms with E-state index in [9.17, 15) is 22.8 Å². The van der Waals surface area contributed by atoms with Gasteiger partial charge < -0.3 is 9.26 Å². The van der Waals surface area contributed by atoms with E-state index in [4.69, 9.17) is 9.26 Å². The van der Waals surface area contributed by atoms with Gasteiger partial charge in [-0.25, -0.2) is 0 Å². The fraction of sp³-hybridized carbons (Fsp3) is 0.250. The molecule has 35 heavy (non-hydrogen) atoms. The molecule has 1 aromatic heterocycles. The second-order valence-electron chi connectivity index (χ2n) is 7.37. The molecule has 11 heteroatoms. The van der Waals surface area contributed by atoms with Gasteiger partial charge in [0.15, 0.2) is 6.61 Å². The van der Waals surface area contributed by atoms with Crippen LogP contribution >= 0.6 is 11.8 Å². The predicted octanol–water partition coefficient (Wildman–Crippen LogP) is 5.15. The van der Waals surface area contributed by atoms with E-state index >= 15 is 0 Å². The second kappa shape index (κ2) is 11.7. The Labute approximate surface area is 203 Å². The van der Waals surface area contributed by atoms with E-state index in [0.29, 0.717) is 17.1 Å². The van der Waals surface area contributed by atoms with Crippen LogP contribution in [0.1, 0.15) is 28.1 Å². The highest BCUT2D eigenvalue weighted by Crippen LogP contribution is 2.32. The molecule has 0 aliphatic heterocycles. The summed E-state index contributed by atoms with van der Waals surface area (Å²) in [4.78, 5) is 24.9. The summed E-state index contributed by atoms with van der Waals surface area (Å²) in [5.41, 5.74) is 1.19. The molecule has 0 atom stereocenters. The van der Waals surface area contributed by atoms with Crippen LogP contribution in [0.3, 0.4) is 0 Å². The van der Waals surface area contributed by atoms with Crippen molar-refractivity contribution in [3.63, 3.8) is 0 Å². The van der Waals surface area contributed by atoms with Crippen LogP contribution in [-0.4, -0.2) is 35.6 Å². The Bertz CT molecular complexity index is 1180. The van der Waals surface area contributed by atoms with Gasteiger partial charge in [0.2, 0.25) is 0 Å². The molecule has 0 bridgehead atoms. The summed E-state index contributed by atoms with van der Waals surface area (Å²) in [6, 6.07) is 12.9. The summed E-state index contributed by atoms with van der Waals surface area (Å²) in [6.45, 7) is 2.88. The molecule has 3 aromatic rings. The molecule has 0 N–H and O–H groups in total. The number of halogens is 3. The normalized spacial score (nSPS) is 11.6. The standard InChI is InChI=1S/C24H22F3N3O4S/c1-16-21(17(2)34-29-16)14-35-15-23(32)33-13-22(31)30(28-12-18-7-4-3-5-8-18)20-10-6-9-19(11-20)24(25,26)27/h3-12H,13-15H2,1-2H3. The first-order valence-corrected chi connectivity index (χ1v) is 11.5. The van der Waals surface area contributed by atoms with Gasteiger partial charge in [-0.2, -0.15) is 23.3 Å². The van der Waals surface area contributed by atoms with Gasteiger partial charge in [0.1, 0.15) is 5.76 Å². The van der Waals surface area contributed by atoms with E-state index < -0.39 is 30.2 Å². The van der Waals surface area contributed by atoms with Crippen molar-refractivity contribution in [2.24, 2.45) is 5.10 Å². The number of thioether (sulfide) groups is 1. The van der Waals surface area contributed by atoms with Gasteiger partial charge >= 0.3 is 12.1 Å². The number of anilines is 1. The van der Waals surface area contributed by atoms with E-state index in [1.165, 1.54) is 30.1 Å². The summed E-state index contributed by atoms with van der Waals surface area (Å²) in [5.74, 6) is -0.353. The highest BCUT2D eigenvalue weighted by atomic mass is 32.2. The highest BCUT2D eigenvalue weighted by molar-refractivity contribution is 7.99. The average molecular weight is 506 g/mol. The van der Waals surface area contributed by atoms with Crippen LogP contribution in [-0.2, 0) is 26.3 Å². The van der Waals surface area contributed by atoms with Crippen LogP contribution < -0.4 is 5.01 Å². The van der Waals surface area contributed by atoms with Gasteiger partial charge in [0.25, 0.3) is 5.91 Å². The molecule has 2 aromatic carbocycles. The molecule has 0 fully saturated rings. The maximum atomic E-state index is 13.2. The lowest BCUT2D eigenvalue weighted by Crippen LogP contribution is -2.31. The molecule has 1 amide bonds. The first kappa shape index (κ1) is 26.0. The number of nitrogens with zero attached hydrogens (tertiary/aromatic N) is 3. The topological polar surface area (TPSA) is 85.0 Å². The third-order valence-electron chi connectivity index (χ3n) is 4.78. The van der Waals surface area contributed by atoms with Crippen molar-refractivity contribution in [3.8, 4) is 0 Å². The Morgan fingerprint density at radius 3 is 2.54 bits per heavy atom. The number of ether oxygens (including phenoxy) is 1. The predicted molar refractivity (Wildman–Crippen MR) is 126 cm³/mol. The van der Waals surface area contributed by atoms with Gasteiger partial charge in [0, 0.05) is 11.3 Å². The first-order chi connectivity index (χ1) is 16.6. The lowest BCUT2D eigenvalue weighted by molar-refractivity contribution is -0.145. The molecule has 0 saturated carbocycles. The lowest BCUT2D eigenvalue weighted by Gasteiger charge is -2.18.